The van der Waals surface area contributed by atoms with E-state index in [0.29, 0.717) is 31.6 Å². The summed E-state index contributed by atoms with van der Waals surface area (Å²) in [6.07, 6.45) is 2.05. The number of methoxy groups -OCH3 is 1. The lowest BCUT2D eigenvalue weighted by molar-refractivity contribution is -0.155. The van der Waals surface area contributed by atoms with Crippen LogP contribution < -0.4 is 5.56 Å². The number of aliphatic hydroxyl groups excluding tert-OH is 1. The average molecular weight is 512 g/mol. The number of fused-ring (bicyclic) bond motifs is 1. The van der Waals surface area contributed by atoms with Gasteiger partial charge in [-0.25, -0.2) is 4.98 Å². The number of carbonyl (C=O) groups is 1. The second-order valence-corrected chi connectivity index (χ2v) is 11.3. The summed E-state index contributed by atoms with van der Waals surface area (Å²) in [5, 5.41) is 10.2. The van der Waals surface area contributed by atoms with Crippen molar-refractivity contribution in [2.75, 3.05) is 13.7 Å². The third-order valence-electron chi connectivity index (χ3n) is 6.55. The Kier molecular flexibility index (Phi) is 8.97. The van der Waals surface area contributed by atoms with Crippen molar-refractivity contribution in [1.29, 1.82) is 0 Å². The fraction of sp³-hybridized carbons (Fsp3) is 0.552. The number of ether oxygens (including phenoxy) is 2. The van der Waals surface area contributed by atoms with Gasteiger partial charge in [0.1, 0.15) is 5.82 Å². The van der Waals surface area contributed by atoms with Gasteiger partial charge in [-0.3, -0.25) is 9.59 Å². The van der Waals surface area contributed by atoms with Gasteiger partial charge in [0.2, 0.25) is 0 Å². The maximum atomic E-state index is 12.6. The summed E-state index contributed by atoms with van der Waals surface area (Å²) >= 11 is 0. The van der Waals surface area contributed by atoms with Crippen LogP contribution in [-0.2, 0) is 34.3 Å². The number of imidazole rings is 1. The average Bonchev–Trinajstić information content (AvgIpc) is 3.17. The number of carbonyl (C=O) groups excluding carboxylic acids is 1. The molecule has 8 nitrogen and oxygen atoms in total. The summed E-state index contributed by atoms with van der Waals surface area (Å²) in [7, 11) is 3.43. The smallest absolute Gasteiger partial charge is 0.311 e. The Hall–Kier alpha value is -2.97. The van der Waals surface area contributed by atoms with Gasteiger partial charge in [0.25, 0.3) is 5.56 Å². The van der Waals surface area contributed by atoms with Crippen LogP contribution in [0.25, 0.3) is 22.4 Å². The number of hydrogen-bond acceptors (Lipinski definition) is 6. The van der Waals surface area contributed by atoms with Crippen LogP contribution in [0.1, 0.15) is 52.2 Å². The molecule has 1 N–H and O–H groups in total. The van der Waals surface area contributed by atoms with Crippen LogP contribution >= 0.6 is 0 Å². The van der Waals surface area contributed by atoms with Crippen LogP contribution in [0, 0.1) is 18.3 Å². The van der Waals surface area contributed by atoms with Crippen LogP contribution in [0.15, 0.2) is 35.3 Å². The zero-order chi connectivity index (χ0) is 27.5. The molecule has 0 aliphatic rings. The van der Waals surface area contributed by atoms with E-state index in [0.717, 1.165) is 28.0 Å². The van der Waals surface area contributed by atoms with Gasteiger partial charge >= 0.3 is 5.97 Å². The van der Waals surface area contributed by atoms with Crippen molar-refractivity contribution >= 4 is 17.0 Å². The number of hydrogen-bond donors (Lipinski definition) is 1. The molecule has 0 aliphatic carbocycles. The minimum absolute atomic E-state index is 0.0321. The van der Waals surface area contributed by atoms with E-state index in [1.165, 1.54) is 0 Å². The minimum Gasteiger partial charge on any atom is -0.465 e. The Bertz CT molecular complexity index is 1270. The molecule has 0 radical (unpaired) electrons. The molecule has 1 aromatic carbocycles. The molecule has 0 amide bonds. The summed E-state index contributed by atoms with van der Waals surface area (Å²) in [5.41, 5.74) is 4.15. The lowest BCUT2D eigenvalue weighted by Crippen LogP contribution is -2.30. The maximum Gasteiger partial charge on any atom is 0.311 e. The third-order valence-corrected chi connectivity index (χ3v) is 6.55. The van der Waals surface area contributed by atoms with E-state index in [-0.39, 0.29) is 23.0 Å². The van der Waals surface area contributed by atoms with Crippen LogP contribution in [0.5, 0.6) is 0 Å². The summed E-state index contributed by atoms with van der Waals surface area (Å²) in [6, 6.07) is 7.97. The van der Waals surface area contributed by atoms with Gasteiger partial charge in [-0.05, 0) is 62.8 Å². The van der Waals surface area contributed by atoms with Gasteiger partial charge in [-0.2, -0.15) is 0 Å². The number of rotatable bonds is 10. The Labute approximate surface area is 219 Å². The van der Waals surface area contributed by atoms with Crippen molar-refractivity contribution in [2.24, 2.45) is 18.4 Å². The highest BCUT2D eigenvalue weighted by molar-refractivity contribution is 5.81. The number of pyridine rings is 1. The summed E-state index contributed by atoms with van der Waals surface area (Å²) in [6.45, 7) is 12.4. The van der Waals surface area contributed by atoms with Crippen molar-refractivity contribution < 1.29 is 19.4 Å². The molecule has 1 unspecified atom stereocenters. The zero-order valence-electron chi connectivity index (χ0n) is 23.4. The maximum absolute atomic E-state index is 12.6. The van der Waals surface area contributed by atoms with E-state index < -0.39 is 12.0 Å². The summed E-state index contributed by atoms with van der Waals surface area (Å²) < 4.78 is 14.7. The molecular formula is C29H41N3O5. The predicted molar refractivity (Wildman–Crippen MR) is 146 cm³/mol. The number of nitrogens with zero attached hydrogens (tertiary/aromatic N) is 3. The molecular weight excluding hydrogens is 470 g/mol. The molecule has 0 saturated carbocycles. The van der Waals surface area contributed by atoms with Crippen LogP contribution in [0.4, 0.5) is 0 Å². The van der Waals surface area contributed by atoms with Crippen LogP contribution in [0.2, 0.25) is 0 Å². The molecule has 2 aromatic heterocycles. The highest BCUT2D eigenvalue weighted by Crippen LogP contribution is 2.27. The van der Waals surface area contributed by atoms with Crippen molar-refractivity contribution in [1.82, 2.24) is 14.1 Å². The predicted octanol–water partition coefficient (Wildman–Crippen LogP) is 4.26. The van der Waals surface area contributed by atoms with Crippen LogP contribution in [0.3, 0.4) is 0 Å². The normalized spacial score (nSPS) is 14.5. The third kappa shape index (κ3) is 7.08. The summed E-state index contributed by atoms with van der Waals surface area (Å²) in [5.74, 6) is -0.194. The quantitative estimate of drug-likeness (QED) is 0.409. The van der Waals surface area contributed by atoms with Crippen molar-refractivity contribution in [3.05, 3.63) is 51.9 Å². The number of benzene rings is 1. The second-order valence-electron chi connectivity index (χ2n) is 11.3. The largest absolute Gasteiger partial charge is 0.465 e. The first-order valence-corrected chi connectivity index (χ1v) is 12.8. The van der Waals surface area contributed by atoms with E-state index in [4.69, 9.17) is 14.5 Å². The number of esters is 1. The lowest BCUT2D eigenvalue weighted by atomic mass is 9.94. The van der Waals surface area contributed by atoms with Crippen LogP contribution in [-0.4, -0.2) is 51.1 Å². The molecule has 3 aromatic rings. The van der Waals surface area contributed by atoms with Crippen molar-refractivity contribution in [2.45, 2.75) is 73.1 Å². The fourth-order valence-electron chi connectivity index (χ4n) is 4.34. The van der Waals surface area contributed by atoms with E-state index in [2.05, 4.69) is 4.57 Å². The summed E-state index contributed by atoms with van der Waals surface area (Å²) in [4.78, 5) is 29.8. The molecule has 0 bridgehead atoms. The Morgan fingerprint density at radius 2 is 1.89 bits per heavy atom. The molecule has 0 fully saturated rings. The lowest BCUT2D eigenvalue weighted by Gasteiger charge is -2.23. The molecule has 0 aliphatic heterocycles. The Morgan fingerprint density at radius 1 is 1.19 bits per heavy atom. The monoisotopic (exact) mass is 511 g/mol. The number of aliphatic hydroxyl groups is 1. The van der Waals surface area contributed by atoms with E-state index in [9.17, 15) is 14.7 Å². The standard InChI is InChI=1S/C29H41N3O5/c1-18-13-22(16-31(7)27(18)34)26-30-24-14-21(10-12-25(24)32(26)15-19(2)36-8)9-11-23(20(3)33)28(35)37-17-29(4,5)6/h10,12-14,16,19-20,23,33H,9,11,15,17H2,1-8H3/t19?,20-,23+/m1/s1. The molecule has 8 heteroatoms. The first-order valence-electron chi connectivity index (χ1n) is 12.8. The Balaban J connectivity index is 1.92. The van der Waals surface area contributed by atoms with Gasteiger partial charge in [0, 0.05) is 31.5 Å². The molecule has 2 heterocycles. The van der Waals surface area contributed by atoms with Gasteiger partial charge in [-0.15, -0.1) is 0 Å². The van der Waals surface area contributed by atoms with E-state index >= 15 is 0 Å². The molecule has 37 heavy (non-hydrogen) atoms. The van der Waals surface area contributed by atoms with Crippen molar-refractivity contribution in [3.63, 3.8) is 0 Å². The first kappa shape index (κ1) is 28.6. The van der Waals surface area contributed by atoms with Gasteiger partial charge in [-0.1, -0.05) is 26.8 Å². The molecule has 0 spiro atoms. The van der Waals surface area contributed by atoms with Gasteiger partial charge < -0.3 is 23.7 Å². The van der Waals surface area contributed by atoms with E-state index in [1.807, 2.05) is 58.2 Å². The van der Waals surface area contributed by atoms with Gasteiger partial charge in [0.05, 0.1) is 42.3 Å². The van der Waals surface area contributed by atoms with Crippen molar-refractivity contribution in [3.8, 4) is 11.4 Å². The molecule has 202 valence electrons. The highest BCUT2D eigenvalue weighted by Gasteiger charge is 2.27. The molecule has 3 atom stereocenters. The SMILES string of the molecule is COC(C)Cn1c(-c2cc(C)c(=O)n(C)c2)nc2cc(CC[C@H](C(=O)OCC(C)(C)C)[C@@H](C)O)ccc21. The molecule has 0 saturated heterocycles. The number of aryl methyl sites for hydroxylation is 3. The Morgan fingerprint density at radius 3 is 2.49 bits per heavy atom. The topological polar surface area (TPSA) is 95.6 Å². The van der Waals surface area contributed by atoms with E-state index in [1.54, 1.807) is 32.6 Å². The molecule has 3 rings (SSSR count). The zero-order valence-corrected chi connectivity index (χ0v) is 23.4. The first-order chi connectivity index (χ1) is 17.3. The minimum atomic E-state index is -0.800. The fourth-order valence-corrected chi connectivity index (χ4v) is 4.34. The number of aromatic nitrogens is 3. The van der Waals surface area contributed by atoms with Gasteiger partial charge in [0.15, 0.2) is 0 Å². The second kappa shape index (κ2) is 11.6. The highest BCUT2D eigenvalue weighted by atomic mass is 16.5.